The number of benzene rings is 3. The number of hydrogen-bond donors (Lipinski definition) is 0. The molecule has 1 spiro atoms. The van der Waals surface area contributed by atoms with Gasteiger partial charge in [-0.15, -0.1) is 0 Å². The zero-order valence-electron chi connectivity index (χ0n) is 17.8. The zero-order valence-corrected chi connectivity index (χ0v) is 17.8. The van der Waals surface area contributed by atoms with Gasteiger partial charge in [-0.2, -0.15) is 26.3 Å². The lowest BCUT2D eigenvalue weighted by Crippen LogP contribution is -2.61. The molecule has 1 unspecified atom stereocenters. The molecule has 2 heterocycles. The summed E-state index contributed by atoms with van der Waals surface area (Å²) in [5.74, 6) is 0.341. The second kappa shape index (κ2) is 6.42. The first-order chi connectivity index (χ1) is 15.3. The van der Waals surface area contributed by atoms with E-state index >= 15 is 0 Å². The van der Waals surface area contributed by atoms with Crippen LogP contribution in [0.1, 0.15) is 30.5 Å². The number of hydrogen-bond acceptors (Lipinski definition) is 3. The number of rotatable bonds is 0. The van der Waals surface area contributed by atoms with Crippen molar-refractivity contribution in [2.75, 3.05) is 11.9 Å². The smallest absolute Gasteiger partial charge is 0.416 e. The minimum Gasteiger partial charge on any atom is -0.459 e. The van der Waals surface area contributed by atoms with E-state index in [1.807, 2.05) is 0 Å². The second-order valence-corrected chi connectivity index (χ2v) is 8.82. The van der Waals surface area contributed by atoms with E-state index in [2.05, 4.69) is 4.99 Å². The van der Waals surface area contributed by atoms with Crippen molar-refractivity contribution in [3.8, 4) is 5.75 Å². The monoisotopic (exact) mass is 464 g/mol. The Kier molecular flexibility index (Phi) is 4.21. The van der Waals surface area contributed by atoms with Gasteiger partial charge in [0.1, 0.15) is 11.4 Å². The van der Waals surface area contributed by atoms with Crippen molar-refractivity contribution in [3.63, 3.8) is 0 Å². The van der Waals surface area contributed by atoms with Gasteiger partial charge in [0.2, 0.25) is 5.72 Å². The predicted molar refractivity (Wildman–Crippen MR) is 113 cm³/mol. The van der Waals surface area contributed by atoms with E-state index in [0.717, 1.165) is 24.3 Å². The summed E-state index contributed by atoms with van der Waals surface area (Å²) in [4.78, 5) is 6.30. The van der Waals surface area contributed by atoms with Gasteiger partial charge in [0.05, 0.1) is 22.8 Å². The van der Waals surface area contributed by atoms with E-state index in [1.54, 1.807) is 31.9 Å². The molecule has 0 radical (unpaired) electrons. The summed E-state index contributed by atoms with van der Waals surface area (Å²) >= 11 is 0. The van der Waals surface area contributed by atoms with E-state index in [0.29, 0.717) is 33.5 Å². The van der Waals surface area contributed by atoms with Gasteiger partial charge in [-0.3, -0.25) is 4.99 Å². The largest absolute Gasteiger partial charge is 0.459 e. The zero-order chi connectivity index (χ0) is 24.0. The maximum atomic E-state index is 13.3. The fraction of sp³-hybridized carbons (Fsp3) is 0.292. The molecule has 5 rings (SSSR count). The highest BCUT2D eigenvalue weighted by Crippen LogP contribution is 2.55. The van der Waals surface area contributed by atoms with E-state index in [4.69, 9.17) is 4.74 Å². The van der Waals surface area contributed by atoms with Crippen LogP contribution in [-0.2, 0) is 17.8 Å². The van der Waals surface area contributed by atoms with E-state index in [-0.39, 0.29) is 0 Å². The highest BCUT2D eigenvalue weighted by molar-refractivity contribution is 6.00. The van der Waals surface area contributed by atoms with Crippen LogP contribution in [0.4, 0.5) is 37.7 Å². The van der Waals surface area contributed by atoms with E-state index in [9.17, 15) is 26.3 Å². The molecular weight excluding hydrogens is 446 g/mol. The van der Waals surface area contributed by atoms with Crippen molar-refractivity contribution in [1.82, 2.24) is 0 Å². The first kappa shape index (κ1) is 21.6. The Morgan fingerprint density at radius 3 is 2.15 bits per heavy atom. The molecule has 0 saturated carbocycles. The lowest BCUT2D eigenvalue weighted by molar-refractivity contribution is -0.138. The van der Waals surface area contributed by atoms with Crippen LogP contribution < -0.4 is 9.64 Å². The molecule has 0 amide bonds. The van der Waals surface area contributed by atoms with Crippen LogP contribution in [0.15, 0.2) is 53.5 Å². The topological polar surface area (TPSA) is 24.8 Å². The van der Waals surface area contributed by atoms with Crippen LogP contribution in [-0.4, -0.2) is 19.0 Å². The molecule has 0 saturated heterocycles. The molecule has 2 aliphatic rings. The minimum absolute atomic E-state index is 0.341. The van der Waals surface area contributed by atoms with Crippen molar-refractivity contribution >= 4 is 28.4 Å². The maximum Gasteiger partial charge on any atom is 0.416 e. The number of nitrogens with zero attached hydrogens (tertiary/aromatic N) is 2. The van der Waals surface area contributed by atoms with Crippen molar-refractivity contribution in [1.29, 1.82) is 0 Å². The van der Waals surface area contributed by atoms with E-state index < -0.39 is 34.6 Å². The first-order valence-corrected chi connectivity index (χ1v) is 10.1. The minimum atomic E-state index is -4.48. The Balaban J connectivity index is 1.62. The van der Waals surface area contributed by atoms with Crippen LogP contribution in [0.3, 0.4) is 0 Å². The summed E-state index contributed by atoms with van der Waals surface area (Å²) in [7, 11) is 1.72. The Hall–Kier alpha value is -3.23. The maximum absolute atomic E-state index is 13.3. The molecule has 0 fully saturated rings. The second-order valence-electron chi connectivity index (χ2n) is 8.82. The summed E-state index contributed by atoms with van der Waals surface area (Å²) in [5, 5.41) is 0.847. The molecular formula is C24H18F6N2O. The molecule has 3 nitrogen and oxygen atoms in total. The Labute approximate surface area is 185 Å². The number of likely N-dealkylation sites (N-methyl/N-ethyl adjacent to an activating group) is 1. The Morgan fingerprint density at radius 2 is 1.48 bits per heavy atom. The molecule has 3 aromatic rings. The molecule has 172 valence electrons. The third kappa shape index (κ3) is 2.94. The summed E-state index contributed by atoms with van der Waals surface area (Å²) < 4.78 is 85.7. The SMILES string of the molecule is CN1c2ccc(C(F)(F)F)cc2C(C)(C)C12C=Nc1c(ccc3cc(C(F)(F)F)ccc13)O2. The molecule has 0 aromatic heterocycles. The number of anilines is 1. The van der Waals surface area contributed by atoms with Gasteiger partial charge < -0.3 is 9.64 Å². The quantitative estimate of drug-likeness (QED) is 0.332. The highest BCUT2D eigenvalue weighted by Gasteiger charge is 2.59. The molecule has 33 heavy (non-hydrogen) atoms. The predicted octanol–water partition coefficient (Wildman–Crippen LogP) is 7.10. The molecule has 1 atom stereocenters. The molecule has 3 aromatic carbocycles. The number of fused-ring (bicyclic) bond motifs is 4. The fourth-order valence-corrected chi connectivity index (χ4v) is 4.77. The summed E-state index contributed by atoms with van der Waals surface area (Å²) in [5.41, 5.74) is -2.23. The van der Waals surface area contributed by atoms with Crippen LogP contribution >= 0.6 is 0 Å². The number of halogens is 6. The third-order valence-electron chi connectivity index (χ3n) is 6.67. The van der Waals surface area contributed by atoms with Crippen LogP contribution in [0.5, 0.6) is 5.75 Å². The number of ether oxygens (including phenoxy) is 1. The van der Waals surface area contributed by atoms with Crippen LogP contribution in [0.2, 0.25) is 0 Å². The van der Waals surface area contributed by atoms with Crippen LogP contribution in [0, 0.1) is 0 Å². The molecule has 0 N–H and O–H groups in total. The average Bonchev–Trinajstić information content (AvgIpc) is 2.90. The van der Waals surface area contributed by atoms with E-state index in [1.165, 1.54) is 24.4 Å². The Morgan fingerprint density at radius 1 is 0.848 bits per heavy atom. The normalized spacial score (nSPS) is 21.3. The fourth-order valence-electron chi connectivity index (χ4n) is 4.77. The van der Waals surface area contributed by atoms with Gasteiger partial charge in [0.25, 0.3) is 0 Å². The summed E-state index contributed by atoms with van der Waals surface area (Å²) in [6.07, 6.45) is -7.42. The van der Waals surface area contributed by atoms with Gasteiger partial charge in [0.15, 0.2) is 0 Å². The lowest BCUT2D eigenvalue weighted by atomic mass is 9.77. The van der Waals surface area contributed by atoms with Crippen molar-refractivity contribution < 1.29 is 31.1 Å². The number of aliphatic imine (C=N–C) groups is 1. The first-order valence-electron chi connectivity index (χ1n) is 10.1. The summed E-state index contributed by atoms with van der Waals surface area (Å²) in [6, 6.07) is 10.0. The summed E-state index contributed by atoms with van der Waals surface area (Å²) in [6.45, 7) is 3.56. The molecule has 0 bridgehead atoms. The van der Waals surface area contributed by atoms with Gasteiger partial charge >= 0.3 is 12.4 Å². The number of alkyl halides is 6. The molecule has 9 heteroatoms. The van der Waals surface area contributed by atoms with Crippen LogP contribution in [0.25, 0.3) is 10.8 Å². The van der Waals surface area contributed by atoms with Gasteiger partial charge in [-0.05, 0) is 61.2 Å². The molecule has 2 aliphatic heterocycles. The lowest BCUT2D eigenvalue weighted by Gasteiger charge is -2.45. The highest BCUT2D eigenvalue weighted by atomic mass is 19.4. The standard InChI is InChI=1S/C24H18F6N2O/c1-21(2)17-11-15(24(28,29)30)6-8-18(17)32(3)22(21)12-31-20-16-7-5-14(23(25,26)27)10-13(16)4-9-19(20)33-22/h4-12H,1-3H3. The average molecular weight is 464 g/mol. The van der Waals surface area contributed by atoms with Gasteiger partial charge in [0, 0.05) is 18.1 Å². The van der Waals surface area contributed by atoms with Crippen molar-refractivity contribution in [3.05, 3.63) is 65.2 Å². The van der Waals surface area contributed by atoms with Crippen molar-refractivity contribution in [2.24, 2.45) is 4.99 Å². The molecule has 0 aliphatic carbocycles. The third-order valence-corrected chi connectivity index (χ3v) is 6.67. The van der Waals surface area contributed by atoms with Gasteiger partial charge in [-0.25, -0.2) is 0 Å². The Bertz CT molecular complexity index is 1330. The van der Waals surface area contributed by atoms with Gasteiger partial charge in [-0.1, -0.05) is 12.1 Å². The van der Waals surface area contributed by atoms with Crippen molar-refractivity contribution in [2.45, 2.75) is 37.3 Å².